The molecule has 1 aromatic carbocycles. The van der Waals surface area contributed by atoms with Gasteiger partial charge in [-0.1, -0.05) is 0 Å². The summed E-state index contributed by atoms with van der Waals surface area (Å²) in [5.74, 6) is -11.1. The first-order valence-corrected chi connectivity index (χ1v) is 7.73. The third-order valence-corrected chi connectivity index (χ3v) is 4.35. The van der Waals surface area contributed by atoms with Crippen LogP contribution >= 0.6 is 11.8 Å². The molecular weight excluding hydrogens is 363 g/mol. The lowest BCUT2D eigenvalue weighted by Gasteiger charge is -2.10. The molecule has 0 aliphatic carbocycles. The molecule has 2 aromatic rings. The topological polar surface area (TPSA) is 53.8 Å². The molecule has 130 valence electrons. The normalized spacial score (nSPS) is 10.6. The number of rotatable bonds is 4. The molecule has 3 nitrogen and oxygen atoms in total. The van der Waals surface area contributed by atoms with Crippen LogP contribution in [0.1, 0.15) is 34.1 Å². The second-order valence-electron chi connectivity index (χ2n) is 4.98. The van der Waals surface area contributed by atoms with Crippen molar-refractivity contribution < 1.29 is 26.7 Å². The van der Waals surface area contributed by atoms with Gasteiger partial charge in [0.05, 0.1) is 5.56 Å². The number of thioether (sulfide) groups is 1. The van der Waals surface area contributed by atoms with E-state index in [-0.39, 0.29) is 27.6 Å². The van der Waals surface area contributed by atoms with E-state index < -0.39 is 40.4 Å². The molecule has 0 amide bonds. The smallest absolute Gasteiger partial charge is 0.200 e. The number of hydrogen-bond acceptors (Lipinski definition) is 4. The summed E-state index contributed by atoms with van der Waals surface area (Å²) in [7, 11) is 0. The molecule has 1 aromatic heterocycles. The van der Waals surface area contributed by atoms with Gasteiger partial charge in [0.15, 0.2) is 29.1 Å². The number of nitriles is 1. The van der Waals surface area contributed by atoms with Gasteiger partial charge in [0.2, 0.25) is 5.82 Å². The Labute approximate surface area is 143 Å². The van der Waals surface area contributed by atoms with Crippen molar-refractivity contribution in [2.24, 2.45) is 0 Å². The Kier molecular flexibility index (Phi) is 5.42. The van der Waals surface area contributed by atoms with E-state index in [1.54, 1.807) is 6.07 Å². The van der Waals surface area contributed by atoms with Crippen molar-refractivity contribution in [3.63, 3.8) is 0 Å². The summed E-state index contributed by atoms with van der Waals surface area (Å²) in [5, 5.41) is 9.14. The molecule has 0 unspecified atom stereocenters. The van der Waals surface area contributed by atoms with E-state index in [1.165, 1.54) is 19.9 Å². The third kappa shape index (κ3) is 3.49. The van der Waals surface area contributed by atoms with Crippen molar-refractivity contribution in [1.82, 2.24) is 4.98 Å². The van der Waals surface area contributed by atoms with Gasteiger partial charge in [-0.2, -0.15) is 5.26 Å². The maximum Gasteiger partial charge on any atom is 0.200 e. The maximum absolute atomic E-state index is 13.7. The Morgan fingerprint density at radius 3 is 2.12 bits per heavy atom. The maximum atomic E-state index is 13.7. The fourth-order valence-electron chi connectivity index (χ4n) is 2.05. The molecule has 0 bridgehead atoms. The van der Waals surface area contributed by atoms with Crippen LogP contribution in [0.3, 0.4) is 0 Å². The Bertz CT molecular complexity index is 895. The van der Waals surface area contributed by atoms with E-state index in [0.717, 1.165) is 0 Å². The molecule has 0 fully saturated rings. The minimum Gasteiger partial charge on any atom is -0.294 e. The summed E-state index contributed by atoms with van der Waals surface area (Å²) in [6.07, 6.45) is 0. The lowest BCUT2D eigenvalue weighted by atomic mass is 10.1. The molecular formula is C16H9F5N2OS. The molecule has 0 aliphatic rings. The van der Waals surface area contributed by atoms with E-state index in [1.807, 2.05) is 0 Å². The van der Waals surface area contributed by atoms with E-state index in [9.17, 15) is 26.7 Å². The SMILES string of the molecule is CC(=O)c1cc(C#N)c(SCc2c(F)c(F)c(F)c(F)c2F)nc1C. The Balaban J connectivity index is 2.42. The van der Waals surface area contributed by atoms with Crippen molar-refractivity contribution in [2.45, 2.75) is 24.6 Å². The number of hydrogen-bond donors (Lipinski definition) is 0. The first-order chi connectivity index (χ1) is 11.7. The minimum atomic E-state index is -2.23. The standard InChI is InChI=1S/C16H9F5N2OS/c1-6-9(7(2)24)3-8(4-22)16(23-6)25-5-10-11(17)13(19)15(21)14(20)12(10)18/h3H,5H2,1-2H3. The van der Waals surface area contributed by atoms with Gasteiger partial charge in [0, 0.05) is 22.6 Å². The predicted molar refractivity (Wildman–Crippen MR) is 79.5 cm³/mol. The van der Waals surface area contributed by atoms with Crippen molar-refractivity contribution in [2.75, 3.05) is 0 Å². The van der Waals surface area contributed by atoms with Crippen LogP contribution in [-0.2, 0) is 5.75 Å². The Hall–Kier alpha value is -2.47. The number of aryl methyl sites for hydroxylation is 1. The number of halogens is 5. The monoisotopic (exact) mass is 372 g/mol. The van der Waals surface area contributed by atoms with Crippen LogP contribution in [0.25, 0.3) is 0 Å². The largest absolute Gasteiger partial charge is 0.294 e. The summed E-state index contributed by atoms with van der Waals surface area (Å²) in [6, 6.07) is 3.05. The molecule has 0 N–H and O–H groups in total. The summed E-state index contributed by atoms with van der Waals surface area (Å²) in [6.45, 7) is 2.78. The molecule has 25 heavy (non-hydrogen) atoms. The molecule has 0 aliphatic heterocycles. The Morgan fingerprint density at radius 2 is 1.64 bits per heavy atom. The highest BCUT2D eigenvalue weighted by atomic mass is 32.2. The molecule has 0 spiro atoms. The van der Waals surface area contributed by atoms with Gasteiger partial charge in [-0.25, -0.2) is 26.9 Å². The van der Waals surface area contributed by atoms with Crippen LogP contribution in [0.4, 0.5) is 22.0 Å². The fraction of sp³-hybridized carbons (Fsp3) is 0.188. The summed E-state index contributed by atoms with van der Waals surface area (Å²) in [4.78, 5) is 15.5. The number of nitrogens with zero attached hydrogens (tertiary/aromatic N) is 2. The van der Waals surface area contributed by atoms with Gasteiger partial charge in [0.1, 0.15) is 11.1 Å². The quantitative estimate of drug-likeness (QED) is 0.262. The molecule has 0 atom stereocenters. The van der Waals surface area contributed by atoms with Gasteiger partial charge < -0.3 is 0 Å². The van der Waals surface area contributed by atoms with E-state index in [0.29, 0.717) is 11.8 Å². The highest BCUT2D eigenvalue weighted by molar-refractivity contribution is 7.98. The van der Waals surface area contributed by atoms with Crippen LogP contribution in [0, 0.1) is 47.3 Å². The summed E-state index contributed by atoms with van der Waals surface area (Å²) in [5.41, 5.74) is -0.561. The number of benzene rings is 1. The third-order valence-electron chi connectivity index (χ3n) is 3.33. The van der Waals surface area contributed by atoms with Gasteiger partial charge in [0.25, 0.3) is 0 Å². The fourth-order valence-corrected chi connectivity index (χ4v) is 3.04. The molecule has 0 saturated heterocycles. The van der Waals surface area contributed by atoms with Crippen LogP contribution in [0.5, 0.6) is 0 Å². The lowest BCUT2D eigenvalue weighted by Crippen LogP contribution is -2.07. The van der Waals surface area contributed by atoms with E-state index >= 15 is 0 Å². The summed E-state index contributed by atoms with van der Waals surface area (Å²) < 4.78 is 66.8. The molecule has 0 radical (unpaired) electrons. The van der Waals surface area contributed by atoms with Crippen LogP contribution in [-0.4, -0.2) is 10.8 Å². The van der Waals surface area contributed by atoms with E-state index in [2.05, 4.69) is 4.98 Å². The van der Waals surface area contributed by atoms with Gasteiger partial charge in [-0.3, -0.25) is 4.79 Å². The number of Topliss-reactive ketones (excluding diaryl/α,β-unsaturated/α-hetero) is 1. The summed E-state index contributed by atoms with van der Waals surface area (Å²) >= 11 is 0.630. The zero-order valence-electron chi connectivity index (χ0n) is 12.9. The van der Waals surface area contributed by atoms with Crippen molar-refractivity contribution >= 4 is 17.5 Å². The van der Waals surface area contributed by atoms with Crippen molar-refractivity contribution in [3.8, 4) is 6.07 Å². The average molecular weight is 372 g/mol. The van der Waals surface area contributed by atoms with Crippen LogP contribution < -0.4 is 0 Å². The van der Waals surface area contributed by atoms with Gasteiger partial charge >= 0.3 is 0 Å². The zero-order chi connectivity index (χ0) is 18.9. The highest BCUT2D eigenvalue weighted by Crippen LogP contribution is 2.31. The highest BCUT2D eigenvalue weighted by Gasteiger charge is 2.26. The van der Waals surface area contributed by atoms with Crippen molar-refractivity contribution in [1.29, 1.82) is 5.26 Å². The molecule has 0 saturated carbocycles. The number of ketones is 1. The van der Waals surface area contributed by atoms with Crippen molar-refractivity contribution in [3.05, 3.63) is 57.5 Å². The van der Waals surface area contributed by atoms with Crippen LogP contribution in [0.2, 0.25) is 0 Å². The number of carbonyl (C=O) groups is 1. The zero-order valence-corrected chi connectivity index (χ0v) is 13.7. The number of pyridine rings is 1. The number of aromatic nitrogens is 1. The van der Waals surface area contributed by atoms with Crippen LogP contribution in [0.15, 0.2) is 11.1 Å². The molecule has 1 heterocycles. The average Bonchev–Trinajstić information content (AvgIpc) is 2.58. The second kappa shape index (κ2) is 7.19. The van der Waals surface area contributed by atoms with Gasteiger partial charge in [-0.15, -0.1) is 11.8 Å². The Morgan fingerprint density at radius 1 is 1.12 bits per heavy atom. The predicted octanol–water partition coefficient (Wildman–Crippen LogP) is 4.45. The first kappa shape index (κ1) is 18.9. The molecule has 9 heteroatoms. The first-order valence-electron chi connectivity index (χ1n) is 6.74. The van der Waals surface area contributed by atoms with E-state index in [4.69, 9.17) is 5.26 Å². The second-order valence-corrected chi connectivity index (χ2v) is 5.94. The number of carbonyl (C=O) groups excluding carboxylic acids is 1. The molecule has 2 rings (SSSR count). The van der Waals surface area contributed by atoms with Gasteiger partial charge in [-0.05, 0) is 19.9 Å². The minimum absolute atomic E-state index is 0.0222. The lowest BCUT2D eigenvalue weighted by molar-refractivity contribution is 0.101.